The number of imide groups is 1. The molecular weight excluding hydrogens is 384 g/mol. The van der Waals surface area contributed by atoms with E-state index in [0.717, 1.165) is 6.26 Å². The van der Waals surface area contributed by atoms with Gasteiger partial charge in [0.05, 0.1) is 11.3 Å². The zero-order chi connectivity index (χ0) is 20.7. The minimum Gasteiger partial charge on any atom is -0.444 e. The maximum atomic E-state index is 12.6. The Labute approximate surface area is 162 Å². The first kappa shape index (κ1) is 21.1. The van der Waals surface area contributed by atoms with Gasteiger partial charge in [0.1, 0.15) is 0 Å². The smallest absolute Gasteiger partial charge is 0.339 e. The third-order valence-electron chi connectivity index (χ3n) is 3.62. The van der Waals surface area contributed by atoms with E-state index < -0.39 is 33.8 Å². The van der Waals surface area contributed by atoms with Crippen molar-refractivity contribution in [3.8, 4) is 0 Å². The topological polar surface area (TPSA) is 119 Å². The SMILES string of the molecule is CNC(=O)NC(=O)[C@H](OC(=O)c1cccc(CS(C)(=O)=O)c1)c1ccccc1. The molecule has 1 atom stereocenters. The van der Waals surface area contributed by atoms with Gasteiger partial charge in [0, 0.05) is 18.9 Å². The summed E-state index contributed by atoms with van der Waals surface area (Å²) in [5.41, 5.74) is 0.891. The van der Waals surface area contributed by atoms with Crippen LogP contribution in [-0.4, -0.2) is 39.6 Å². The highest BCUT2D eigenvalue weighted by Crippen LogP contribution is 2.20. The molecule has 0 bridgehead atoms. The molecule has 2 N–H and O–H groups in total. The van der Waals surface area contributed by atoms with Crippen LogP contribution in [0.5, 0.6) is 0 Å². The molecule has 0 aliphatic carbocycles. The third kappa shape index (κ3) is 6.20. The fourth-order valence-electron chi connectivity index (χ4n) is 2.41. The van der Waals surface area contributed by atoms with Crippen molar-refractivity contribution in [1.29, 1.82) is 0 Å². The van der Waals surface area contributed by atoms with Gasteiger partial charge in [0.25, 0.3) is 5.91 Å². The Morgan fingerprint density at radius 1 is 1.04 bits per heavy atom. The first-order valence-corrected chi connectivity index (χ1v) is 10.3. The van der Waals surface area contributed by atoms with E-state index in [-0.39, 0.29) is 11.3 Å². The van der Waals surface area contributed by atoms with Crippen molar-refractivity contribution >= 4 is 27.7 Å². The minimum atomic E-state index is -3.28. The van der Waals surface area contributed by atoms with E-state index in [1.54, 1.807) is 36.4 Å². The first-order valence-electron chi connectivity index (χ1n) is 8.25. The summed E-state index contributed by atoms with van der Waals surface area (Å²) in [6, 6.07) is 13.4. The van der Waals surface area contributed by atoms with Crippen molar-refractivity contribution in [2.75, 3.05) is 13.3 Å². The Balaban J connectivity index is 2.26. The molecular formula is C19H20N2O6S. The lowest BCUT2D eigenvalue weighted by atomic mass is 10.1. The van der Waals surface area contributed by atoms with Gasteiger partial charge in [-0.25, -0.2) is 18.0 Å². The summed E-state index contributed by atoms with van der Waals surface area (Å²) >= 11 is 0. The molecule has 0 radical (unpaired) electrons. The highest BCUT2D eigenvalue weighted by Gasteiger charge is 2.27. The van der Waals surface area contributed by atoms with Crippen LogP contribution in [0.4, 0.5) is 4.79 Å². The van der Waals surface area contributed by atoms with Crippen LogP contribution in [0.3, 0.4) is 0 Å². The number of sulfone groups is 1. The van der Waals surface area contributed by atoms with Gasteiger partial charge in [-0.3, -0.25) is 10.1 Å². The first-order chi connectivity index (χ1) is 13.2. The van der Waals surface area contributed by atoms with Gasteiger partial charge < -0.3 is 10.1 Å². The zero-order valence-corrected chi connectivity index (χ0v) is 16.2. The van der Waals surface area contributed by atoms with Crippen LogP contribution in [0.2, 0.25) is 0 Å². The summed E-state index contributed by atoms with van der Waals surface area (Å²) in [5.74, 6) is -1.87. The molecule has 0 fully saturated rings. The molecule has 0 aliphatic rings. The molecule has 2 rings (SSSR count). The van der Waals surface area contributed by atoms with Gasteiger partial charge in [0.15, 0.2) is 9.84 Å². The molecule has 0 aromatic heterocycles. The van der Waals surface area contributed by atoms with Crippen LogP contribution in [-0.2, 0) is 25.1 Å². The summed E-state index contributed by atoms with van der Waals surface area (Å²) in [6.07, 6.45) is -0.267. The van der Waals surface area contributed by atoms with E-state index in [0.29, 0.717) is 11.1 Å². The average Bonchev–Trinajstić information content (AvgIpc) is 2.65. The Kier molecular flexibility index (Phi) is 6.89. The van der Waals surface area contributed by atoms with Crippen LogP contribution in [0.1, 0.15) is 27.6 Å². The predicted octanol–water partition coefficient (Wildman–Crippen LogP) is 1.58. The number of rotatable bonds is 6. The number of hydrogen-bond acceptors (Lipinski definition) is 6. The van der Waals surface area contributed by atoms with Crippen LogP contribution in [0, 0.1) is 0 Å². The van der Waals surface area contributed by atoms with Crippen LogP contribution in [0.15, 0.2) is 54.6 Å². The number of esters is 1. The largest absolute Gasteiger partial charge is 0.444 e. The fourth-order valence-corrected chi connectivity index (χ4v) is 3.19. The van der Waals surface area contributed by atoms with Gasteiger partial charge in [-0.15, -0.1) is 0 Å². The number of carbonyl (C=O) groups is 3. The van der Waals surface area contributed by atoms with Crippen molar-refractivity contribution in [1.82, 2.24) is 10.6 Å². The van der Waals surface area contributed by atoms with Crippen LogP contribution < -0.4 is 10.6 Å². The molecule has 0 aliphatic heterocycles. The third-order valence-corrected chi connectivity index (χ3v) is 4.48. The van der Waals surface area contributed by atoms with Crippen LogP contribution >= 0.6 is 0 Å². The van der Waals surface area contributed by atoms with E-state index in [1.807, 2.05) is 0 Å². The molecule has 2 aromatic carbocycles. The number of ether oxygens (including phenoxy) is 1. The van der Waals surface area contributed by atoms with E-state index in [1.165, 1.54) is 25.2 Å². The van der Waals surface area contributed by atoms with Gasteiger partial charge >= 0.3 is 12.0 Å². The number of nitrogens with one attached hydrogen (secondary N) is 2. The highest BCUT2D eigenvalue weighted by molar-refractivity contribution is 7.89. The van der Waals surface area contributed by atoms with Gasteiger partial charge in [-0.2, -0.15) is 0 Å². The molecule has 0 heterocycles. The molecule has 0 saturated carbocycles. The second-order valence-corrected chi connectivity index (χ2v) is 8.18. The summed E-state index contributed by atoms with van der Waals surface area (Å²) in [4.78, 5) is 36.4. The van der Waals surface area contributed by atoms with E-state index >= 15 is 0 Å². The summed E-state index contributed by atoms with van der Waals surface area (Å²) < 4.78 is 28.3. The summed E-state index contributed by atoms with van der Waals surface area (Å²) in [7, 11) is -1.93. The van der Waals surface area contributed by atoms with E-state index in [4.69, 9.17) is 4.74 Å². The average molecular weight is 404 g/mol. The lowest BCUT2D eigenvalue weighted by Crippen LogP contribution is -2.41. The number of amides is 3. The van der Waals surface area contributed by atoms with Crippen molar-refractivity contribution < 1.29 is 27.5 Å². The molecule has 8 nitrogen and oxygen atoms in total. The Morgan fingerprint density at radius 3 is 2.32 bits per heavy atom. The summed E-state index contributed by atoms with van der Waals surface area (Å²) in [6.45, 7) is 0. The normalized spacial score (nSPS) is 11.9. The fraction of sp³-hybridized carbons (Fsp3) is 0.211. The van der Waals surface area contributed by atoms with Crippen LogP contribution in [0.25, 0.3) is 0 Å². The van der Waals surface area contributed by atoms with Crippen molar-refractivity contribution in [2.24, 2.45) is 0 Å². The number of benzene rings is 2. The number of carbonyl (C=O) groups excluding carboxylic acids is 3. The Bertz CT molecular complexity index is 973. The van der Waals surface area contributed by atoms with Gasteiger partial charge in [-0.05, 0) is 17.7 Å². The molecule has 148 valence electrons. The molecule has 0 spiro atoms. The zero-order valence-electron chi connectivity index (χ0n) is 15.3. The molecule has 9 heteroatoms. The van der Waals surface area contributed by atoms with E-state index in [2.05, 4.69) is 10.6 Å². The second kappa shape index (κ2) is 9.14. The minimum absolute atomic E-state index is 0.0924. The lowest BCUT2D eigenvalue weighted by Gasteiger charge is -2.17. The quantitative estimate of drug-likeness (QED) is 0.706. The molecule has 3 amide bonds. The van der Waals surface area contributed by atoms with E-state index in [9.17, 15) is 22.8 Å². The number of hydrogen-bond donors (Lipinski definition) is 2. The monoisotopic (exact) mass is 404 g/mol. The lowest BCUT2D eigenvalue weighted by molar-refractivity contribution is -0.129. The van der Waals surface area contributed by atoms with Crippen molar-refractivity contribution in [2.45, 2.75) is 11.9 Å². The van der Waals surface area contributed by atoms with Gasteiger partial charge in [0.2, 0.25) is 6.10 Å². The van der Waals surface area contributed by atoms with Crippen molar-refractivity contribution in [3.63, 3.8) is 0 Å². The maximum Gasteiger partial charge on any atom is 0.339 e. The van der Waals surface area contributed by atoms with Crippen molar-refractivity contribution in [3.05, 3.63) is 71.3 Å². The van der Waals surface area contributed by atoms with Gasteiger partial charge in [-0.1, -0.05) is 42.5 Å². The Morgan fingerprint density at radius 2 is 1.71 bits per heavy atom. The molecule has 0 saturated heterocycles. The molecule has 28 heavy (non-hydrogen) atoms. The predicted molar refractivity (Wildman–Crippen MR) is 102 cm³/mol. The second-order valence-electron chi connectivity index (χ2n) is 6.03. The standard InChI is InChI=1S/C19H20N2O6S/c1-20-19(24)21-17(22)16(14-8-4-3-5-9-14)27-18(23)15-10-6-7-13(11-15)12-28(2,25)26/h3-11,16H,12H2,1-2H3,(H2,20,21,22,24)/t16-/m1/s1. The Hall–Kier alpha value is -3.20. The highest BCUT2D eigenvalue weighted by atomic mass is 32.2. The molecule has 0 unspecified atom stereocenters. The maximum absolute atomic E-state index is 12.6. The summed E-state index contributed by atoms with van der Waals surface area (Å²) in [5, 5.41) is 4.33. The number of urea groups is 1. The molecule has 2 aromatic rings.